The van der Waals surface area contributed by atoms with Gasteiger partial charge in [-0.25, -0.2) is 0 Å². The summed E-state index contributed by atoms with van der Waals surface area (Å²) in [6, 6.07) is 5.52. The molecule has 0 unspecified atom stereocenters. The molecule has 0 aromatic heterocycles. The Morgan fingerprint density at radius 2 is 1.96 bits per heavy atom. The molecule has 1 aliphatic heterocycles. The Morgan fingerprint density at radius 1 is 1.25 bits per heavy atom. The minimum Gasteiger partial charge on any atom is -0.381 e. The summed E-state index contributed by atoms with van der Waals surface area (Å²) < 4.78 is 44.8. The first kappa shape index (κ1) is 23.0. The Bertz CT molecular complexity index is 663. The van der Waals surface area contributed by atoms with E-state index < -0.39 is 17.2 Å². The molecule has 1 aliphatic carbocycles. The van der Waals surface area contributed by atoms with E-state index in [1.165, 1.54) is 12.1 Å². The van der Waals surface area contributed by atoms with Crippen LogP contribution in [0, 0.1) is 5.92 Å². The van der Waals surface area contributed by atoms with Gasteiger partial charge in [0.2, 0.25) is 5.91 Å². The average Bonchev–Trinajstić information content (AvgIpc) is 3.05. The number of nitrogens with one attached hydrogen (secondary N) is 1. The lowest BCUT2D eigenvalue weighted by molar-refractivity contribution is -0.137. The first-order chi connectivity index (χ1) is 12.8. The lowest BCUT2D eigenvalue weighted by atomic mass is 9.73. The Hall–Kier alpha value is -1.31. The quantitative estimate of drug-likeness (QED) is 0.761. The number of alkyl halides is 3. The van der Waals surface area contributed by atoms with Gasteiger partial charge in [-0.2, -0.15) is 13.2 Å². The van der Waals surface area contributed by atoms with Gasteiger partial charge >= 0.3 is 6.18 Å². The van der Waals surface area contributed by atoms with Crippen LogP contribution in [0.25, 0.3) is 0 Å². The van der Waals surface area contributed by atoms with Gasteiger partial charge in [0, 0.05) is 37.6 Å². The maximum absolute atomic E-state index is 13.1. The van der Waals surface area contributed by atoms with Gasteiger partial charge in [-0.1, -0.05) is 24.6 Å². The molecule has 1 heterocycles. The van der Waals surface area contributed by atoms with Crippen molar-refractivity contribution >= 4 is 18.3 Å². The van der Waals surface area contributed by atoms with E-state index >= 15 is 0 Å². The van der Waals surface area contributed by atoms with Gasteiger partial charge in [0.15, 0.2) is 0 Å². The van der Waals surface area contributed by atoms with Crippen LogP contribution in [0.4, 0.5) is 13.2 Å². The second kappa shape index (κ2) is 9.46. The van der Waals surface area contributed by atoms with Crippen LogP contribution < -0.4 is 11.1 Å². The molecule has 3 N–H and O–H groups in total. The third-order valence-corrected chi connectivity index (χ3v) is 6.04. The van der Waals surface area contributed by atoms with Crippen LogP contribution in [0.3, 0.4) is 0 Å². The smallest absolute Gasteiger partial charge is 0.381 e. The van der Waals surface area contributed by atoms with Crippen molar-refractivity contribution in [2.45, 2.75) is 56.2 Å². The van der Waals surface area contributed by atoms with Gasteiger partial charge in [0.1, 0.15) is 0 Å². The van der Waals surface area contributed by atoms with Crippen LogP contribution in [0.5, 0.6) is 0 Å². The number of carbonyl (C=O) groups excluding carboxylic acids is 1. The number of hydrogen-bond donors (Lipinski definition) is 2. The summed E-state index contributed by atoms with van der Waals surface area (Å²) in [5.41, 5.74) is 5.45. The van der Waals surface area contributed by atoms with Crippen LogP contribution in [0.15, 0.2) is 24.3 Å². The predicted octanol–water partition coefficient (Wildman–Crippen LogP) is 3.81. The van der Waals surface area contributed by atoms with Gasteiger partial charge in [0.05, 0.1) is 5.56 Å². The Balaban J connectivity index is 0.00000280. The number of hydrogen-bond acceptors (Lipinski definition) is 3. The van der Waals surface area contributed by atoms with E-state index in [9.17, 15) is 18.0 Å². The fourth-order valence-electron chi connectivity index (χ4n) is 4.25. The summed E-state index contributed by atoms with van der Waals surface area (Å²) in [6.07, 6.45) is 0.116. The van der Waals surface area contributed by atoms with Gasteiger partial charge in [-0.3, -0.25) is 4.79 Å². The Morgan fingerprint density at radius 3 is 2.57 bits per heavy atom. The number of carbonyl (C=O) groups is 1. The zero-order chi connectivity index (χ0) is 19.5. The van der Waals surface area contributed by atoms with Crippen molar-refractivity contribution in [1.82, 2.24) is 5.32 Å². The van der Waals surface area contributed by atoms with E-state index in [1.807, 2.05) is 0 Å². The fraction of sp³-hybridized carbons (Fsp3) is 0.650. The molecular weight excluding hydrogens is 393 g/mol. The van der Waals surface area contributed by atoms with Crippen molar-refractivity contribution in [1.29, 1.82) is 0 Å². The standard InChI is InChI=1S/C20H27F3N2O2.ClH/c21-20(22,23)16-5-2-4-15(12-16)19(7-9-27-10-8-19)13-25-18(26)11-14-3-1-6-17(14)24;/h2,4-5,12,14,17H,1,3,6-11,13,24H2,(H,25,26);1H/t14-,17+;/m0./s1. The fourth-order valence-corrected chi connectivity index (χ4v) is 4.25. The van der Waals surface area contributed by atoms with Crippen molar-refractivity contribution in [3.8, 4) is 0 Å². The van der Waals surface area contributed by atoms with E-state index in [0.717, 1.165) is 25.3 Å². The van der Waals surface area contributed by atoms with Crippen molar-refractivity contribution in [3.63, 3.8) is 0 Å². The van der Waals surface area contributed by atoms with Crippen LogP contribution >= 0.6 is 12.4 Å². The molecule has 3 rings (SSSR count). The van der Waals surface area contributed by atoms with Crippen molar-refractivity contribution in [3.05, 3.63) is 35.4 Å². The monoisotopic (exact) mass is 420 g/mol. The van der Waals surface area contributed by atoms with E-state index in [2.05, 4.69) is 5.32 Å². The molecule has 2 aliphatic rings. The molecule has 0 spiro atoms. The topological polar surface area (TPSA) is 64.4 Å². The normalized spacial score (nSPS) is 24.4. The van der Waals surface area contributed by atoms with Crippen molar-refractivity contribution in [2.75, 3.05) is 19.8 Å². The third kappa shape index (κ3) is 5.39. The van der Waals surface area contributed by atoms with Crippen LogP contribution in [-0.4, -0.2) is 31.7 Å². The minimum atomic E-state index is -4.38. The van der Waals surface area contributed by atoms with Crippen molar-refractivity contribution in [2.24, 2.45) is 11.7 Å². The number of ether oxygens (including phenoxy) is 1. The van der Waals surface area contributed by atoms with Crippen LogP contribution in [0.2, 0.25) is 0 Å². The summed E-state index contributed by atoms with van der Waals surface area (Å²) in [4.78, 5) is 12.4. The highest BCUT2D eigenvalue weighted by Crippen LogP contribution is 2.38. The second-order valence-electron chi connectivity index (χ2n) is 7.81. The number of benzene rings is 1. The van der Waals surface area contributed by atoms with E-state index in [1.54, 1.807) is 6.07 Å². The molecule has 2 fully saturated rings. The van der Waals surface area contributed by atoms with Crippen molar-refractivity contribution < 1.29 is 22.7 Å². The van der Waals surface area contributed by atoms with E-state index in [4.69, 9.17) is 10.5 Å². The zero-order valence-corrected chi connectivity index (χ0v) is 16.6. The lowest BCUT2D eigenvalue weighted by Crippen LogP contribution is -2.45. The van der Waals surface area contributed by atoms with Crippen LogP contribution in [0.1, 0.15) is 49.7 Å². The highest BCUT2D eigenvalue weighted by Gasteiger charge is 2.38. The number of rotatable bonds is 5. The van der Waals surface area contributed by atoms with Crippen LogP contribution in [-0.2, 0) is 21.1 Å². The predicted molar refractivity (Wildman–Crippen MR) is 103 cm³/mol. The first-order valence-electron chi connectivity index (χ1n) is 9.58. The molecule has 4 nitrogen and oxygen atoms in total. The highest BCUT2D eigenvalue weighted by molar-refractivity contribution is 5.85. The number of halogens is 4. The largest absolute Gasteiger partial charge is 0.416 e. The molecule has 158 valence electrons. The van der Waals surface area contributed by atoms with E-state index in [-0.39, 0.29) is 30.3 Å². The molecule has 28 heavy (non-hydrogen) atoms. The Labute approximate surface area is 169 Å². The number of amides is 1. The summed E-state index contributed by atoms with van der Waals surface area (Å²) in [6.45, 7) is 1.26. The van der Waals surface area contributed by atoms with Gasteiger partial charge in [-0.05, 0) is 43.2 Å². The highest BCUT2D eigenvalue weighted by atomic mass is 35.5. The third-order valence-electron chi connectivity index (χ3n) is 6.04. The summed E-state index contributed by atoms with van der Waals surface area (Å²) in [5, 5.41) is 2.97. The maximum Gasteiger partial charge on any atom is 0.416 e. The summed E-state index contributed by atoms with van der Waals surface area (Å²) in [5.74, 6) is 0.124. The Kier molecular flexibility index (Phi) is 7.76. The average molecular weight is 421 g/mol. The molecule has 1 saturated heterocycles. The van der Waals surface area contributed by atoms with Gasteiger partial charge in [0.25, 0.3) is 0 Å². The molecule has 1 saturated carbocycles. The minimum absolute atomic E-state index is 0. The summed E-state index contributed by atoms with van der Waals surface area (Å²) >= 11 is 0. The number of nitrogens with two attached hydrogens (primary N) is 1. The molecule has 0 bridgehead atoms. The SMILES string of the molecule is Cl.N[C@@H]1CCC[C@H]1CC(=O)NCC1(c2cccc(C(F)(F)F)c2)CCOCC1. The second-order valence-corrected chi connectivity index (χ2v) is 7.81. The van der Waals surface area contributed by atoms with Gasteiger partial charge < -0.3 is 15.8 Å². The molecule has 1 aromatic rings. The van der Waals surface area contributed by atoms with Gasteiger partial charge in [-0.15, -0.1) is 12.4 Å². The molecule has 0 radical (unpaired) electrons. The molecule has 1 amide bonds. The molecule has 8 heteroatoms. The zero-order valence-electron chi connectivity index (χ0n) is 15.8. The molecule has 1 aromatic carbocycles. The first-order valence-corrected chi connectivity index (χ1v) is 9.58. The molecule has 2 atom stereocenters. The lowest BCUT2D eigenvalue weighted by Gasteiger charge is -2.38. The molecular formula is C20H28ClF3N2O2. The van der Waals surface area contributed by atoms with E-state index in [0.29, 0.717) is 44.6 Å². The summed E-state index contributed by atoms with van der Waals surface area (Å²) in [7, 11) is 0. The maximum atomic E-state index is 13.1.